The van der Waals surface area contributed by atoms with Crippen LogP contribution >= 0.6 is 11.6 Å². The molecule has 0 saturated carbocycles. The minimum absolute atomic E-state index is 0.621. The van der Waals surface area contributed by atoms with Crippen LogP contribution in [0.3, 0.4) is 0 Å². The van der Waals surface area contributed by atoms with Crippen molar-refractivity contribution in [3.63, 3.8) is 0 Å². The lowest BCUT2D eigenvalue weighted by atomic mass is 10.5. The number of hydrogen-bond acceptors (Lipinski definition) is 2. The molecular formula is C6H10ClNO. The lowest BCUT2D eigenvalue weighted by molar-refractivity contribution is 0.269. The second kappa shape index (κ2) is 7.50. The van der Waals surface area contributed by atoms with E-state index < -0.39 is 0 Å². The average molecular weight is 148 g/mol. The molecule has 0 rings (SSSR count). The highest BCUT2D eigenvalue weighted by atomic mass is 35.5. The van der Waals surface area contributed by atoms with Gasteiger partial charge in [-0.2, -0.15) is 0 Å². The van der Waals surface area contributed by atoms with Gasteiger partial charge in [-0.3, -0.25) is 0 Å². The number of nitrogens with zero attached hydrogens (tertiary/aromatic N) is 1. The minimum Gasteiger partial charge on any atom is -0.366 e. The maximum absolute atomic E-state index is 5.37. The molecule has 0 N–H and O–H groups in total. The second-order valence-electron chi connectivity index (χ2n) is 1.32. The third kappa shape index (κ3) is 7.50. The standard InChI is InChI=1S/C6H10ClNO/c1-2-8-9-6-4-3-5-7/h2,4,6H,3,5H2,1H3. The quantitative estimate of drug-likeness (QED) is 0.259. The maximum Gasteiger partial charge on any atom is 0.118 e. The van der Waals surface area contributed by atoms with Crippen molar-refractivity contribution in [1.29, 1.82) is 0 Å². The lowest BCUT2D eigenvalue weighted by Crippen LogP contribution is -1.69. The molecule has 0 heterocycles. The summed E-state index contributed by atoms with van der Waals surface area (Å²) in [5, 5.41) is 3.49. The van der Waals surface area contributed by atoms with Crippen molar-refractivity contribution in [2.75, 3.05) is 5.88 Å². The van der Waals surface area contributed by atoms with Gasteiger partial charge in [-0.15, -0.1) is 11.6 Å². The SMILES string of the molecule is CC=NOC=CCCCl. The smallest absolute Gasteiger partial charge is 0.118 e. The largest absolute Gasteiger partial charge is 0.366 e. The van der Waals surface area contributed by atoms with E-state index in [-0.39, 0.29) is 0 Å². The first-order chi connectivity index (χ1) is 4.41. The molecule has 52 valence electrons. The molecule has 0 unspecified atom stereocenters. The highest BCUT2D eigenvalue weighted by Gasteiger charge is 1.72. The minimum atomic E-state index is 0.621. The summed E-state index contributed by atoms with van der Waals surface area (Å²) in [4.78, 5) is 4.62. The molecule has 3 heteroatoms. The van der Waals surface area contributed by atoms with Gasteiger partial charge < -0.3 is 4.84 Å². The molecule has 9 heavy (non-hydrogen) atoms. The molecule has 0 aromatic heterocycles. The van der Waals surface area contributed by atoms with Gasteiger partial charge in [-0.25, -0.2) is 0 Å². The Kier molecular flexibility index (Phi) is 7.08. The number of allylic oxidation sites excluding steroid dienone is 1. The van der Waals surface area contributed by atoms with Crippen LogP contribution in [0.4, 0.5) is 0 Å². The number of halogens is 1. The molecule has 2 nitrogen and oxygen atoms in total. The lowest BCUT2D eigenvalue weighted by Gasteiger charge is -1.84. The second-order valence-corrected chi connectivity index (χ2v) is 1.70. The summed E-state index contributed by atoms with van der Waals surface area (Å²) in [5.74, 6) is 0.621. The Morgan fingerprint density at radius 1 is 1.67 bits per heavy atom. The summed E-state index contributed by atoms with van der Waals surface area (Å²) < 4.78 is 0. The van der Waals surface area contributed by atoms with E-state index in [2.05, 4.69) is 9.99 Å². The van der Waals surface area contributed by atoms with E-state index in [1.165, 1.54) is 6.26 Å². The van der Waals surface area contributed by atoms with Crippen LogP contribution in [0.2, 0.25) is 0 Å². The van der Waals surface area contributed by atoms with Gasteiger partial charge in [0.1, 0.15) is 6.26 Å². The van der Waals surface area contributed by atoms with Gasteiger partial charge in [0.25, 0.3) is 0 Å². The summed E-state index contributed by atoms with van der Waals surface area (Å²) in [6.45, 7) is 1.79. The van der Waals surface area contributed by atoms with E-state index in [4.69, 9.17) is 11.6 Å². The normalized spacial score (nSPS) is 11.3. The first kappa shape index (κ1) is 8.50. The molecule has 0 amide bonds. The summed E-state index contributed by atoms with van der Waals surface area (Å²) in [6, 6.07) is 0. The first-order valence-corrected chi connectivity index (χ1v) is 3.30. The molecule has 0 spiro atoms. The van der Waals surface area contributed by atoms with E-state index in [0.717, 1.165) is 6.42 Å². The van der Waals surface area contributed by atoms with Gasteiger partial charge in [0.05, 0.1) is 0 Å². The van der Waals surface area contributed by atoms with Crippen LogP contribution in [0, 0.1) is 0 Å². The number of oxime groups is 1. The first-order valence-electron chi connectivity index (χ1n) is 2.76. The predicted molar refractivity (Wildman–Crippen MR) is 39.7 cm³/mol. The molecule has 0 aliphatic carbocycles. The number of rotatable bonds is 4. The molecule has 0 fully saturated rings. The van der Waals surface area contributed by atoms with Gasteiger partial charge in [-0.1, -0.05) is 5.16 Å². The molecular weight excluding hydrogens is 138 g/mol. The fourth-order valence-electron chi connectivity index (χ4n) is 0.270. The molecule has 0 aromatic rings. The van der Waals surface area contributed by atoms with Crippen LogP contribution in [0.25, 0.3) is 0 Å². The van der Waals surface area contributed by atoms with Crippen LogP contribution < -0.4 is 0 Å². The third-order valence-corrected chi connectivity index (χ3v) is 0.817. The van der Waals surface area contributed by atoms with Crippen LogP contribution in [-0.2, 0) is 4.84 Å². The zero-order valence-corrected chi connectivity index (χ0v) is 6.14. The Morgan fingerprint density at radius 2 is 2.44 bits per heavy atom. The fourth-order valence-corrected chi connectivity index (χ4v) is 0.396. The summed E-state index contributed by atoms with van der Waals surface area (Å²) >= 11 is 5.37. The van der Waals surface area contributed by atoms with Gasteiger partial charge in [0.15, 0.2) is 0 Å². The molecule has 0 saturated heterocycles. The van der Waals surface area contributed by atoms with Crippen LogP contribution in [-0.4, -0.2) is 12.1 Å². The predicted octanol–water partition coefficient (Wildman–Crippen LogP) is 2.15. The number of hydrogen-bond donors (Lipinski definition) is 0. The number of alkyl halides is 1. The Balaban J connectivity index is 3.04. The van der Waals surface area contributed by atoms with E-state index in [9.17, 15) is 0 Å². The molecule has 0 aliphatic heterocycles. The summed E-state index contributed by atoms with van der Waals surface area (Å²) in [7, 11) is 0. The summed E-state index contributed by atoms with van der Waals surface area (Å²) in [5.41, 5.74) is 0. The topological polar surface area (TPSA) is 21.6 Å². The van der Waals surface area contributed by atoms with Crippen molar-refractivity contribution < 1.29 is 4.84 Å². The van der Waals surface area contributed by atoms with Crippen molar-refractivity contribution in [3.05, 3.63) is 12.3 Å². The maximum atomic E-state index is 5.37. The van der Waals surface area contributed by atoms with E-state index in [1.807, 2.05) is 6.08 Å². The van der Waals surface area contributed by atoms with Gasteiger partial charge in [0, 0.05) is 12.1 Å². The zero-order valence-electron chi connectivity index (χ0n) is 5.38. The van der Waals surface area contributed by atoms with Crippen LogP contribution in [0.5, 0.6) is 0 Å². The van der Waals surface area contributed by atoms with Gasteiger partial charge >= 0.3 is 0 Å². The fraction of sp³-hybridized carbons (Fsp3) is 0.500. The van der Waals surface area contributed by atoms with E-state index in [1.54, 1.807) is 13.1 Å². The Hall–Kier alpha value is -0.500. The van der Waals surface area contributed by atoms with Crippen LogP contribution in [0.1, 0.15) is 13.3 Å². The zero-order chi connectivity index (χ0) is 6.95. The summed E-state index contributed by atoms with van der Waals surface area (Å²) in [6.07, 6.45) is 5.73. The van der Waals surface area contributed by atoms with Crippen molar-refractivity contribution in [1.82, 2.24) is 0 Å². The monoisotopic (exact) mass is 147 g/mol. The average Bonchev–Trinajstić information content (AvgIpc) is 1.89. The molecule has 0 aromatic carbocycles. The highest BCUT2D eigenvalue weighted by molar-refractivity contribution is 6.17. The van der Waals surface area contributed by atoms with Crippen LogP contribution in [0.15, 0.2) is 17.5 Å². The highest BCUT2D eigenvalue weighted by Crippen LogP contribution is 1.86. The molecule has 0 aliphatic rings. The molecule has 0 atom stereocenters. The van der Waals surface area contributed by atoms with Crippen molar-refractivity contribution in [2.45, 2.75) is 13.3 Å². The Bertz CT molecular complexity index is 101. The molecule has 0 bridgehead atoms. The molecule has 0 radical (unpaired) electrons. The van der Waals surface area contributed by atoms with Crippen molar-refractivity contribution in [3.8, 4) is 0 Å². The van der Waals surface area contributed by atoms with E-state index >= 15 is 0 Å². The van der Waals surface area contributed by atoms with E-state index in [0.29, 0.717) is 5.88 Å². The van der Waals surface area contributed by atoms with Crippen molar-refractivity contribution >= 4 is 17.8 Å². The van der Waals surface area contributed by atoms with Gasteiger partial charge in [-0.05, 0) is 19.4 Å². The Labute approximate surface area is 60.1 Å². The third-order valence-electron chi connectivity index (χ3n) is 0.599. The van der Waals surface area contributed by atoms with Gasteiger partial charge in [0.2, 0.25) is 0 Å². The van der Waals surface area contributed by atoms with Crippen molar-refractivity contribution in [2.24, 2.45) is 5.16 Å². The Morgan fingerprint density at radius 3 is 3.00 bits per heavy atom.